The van der Waals surface area contributed by atoms with Crippen LogP contribution in [0.25, 0.3) is 0 Å². The molecule has 0 spiro atoms. The number of unbranched alkanes of at least 4 members (excludes halogenated alkanes) is 2. The highest BCUT2D eigenvalue weighted by Crippen LogP contribution is 2.26. The lowest BCUT2D eigenvalue weighted by Gasteiger charge is -2.26. The predicted molar refractivity (Wildman–Crippen MR) is 88.3 cm³/mol. The molecule has 2 nitrogen and oxygen atoms in total. The van der Waals surface area contributed by atoms with Crippen LogP contribution in [0.2, 0.25) is 0 Å². The van der Waals surface area contributed by atoms with Crippen molar-refractivity contribution < 1.29 is 0 Å². The zero-order valence-electron chi connectivity index (χ0n) is 13.3. The Bertz CT molecular complexity index is 392. The molecule has 2 rings (SSSR count). The smallest absolute Gasteiger partial charge is 0.0375 e. The zero-order chi connectivity index (χ0) is 14.2. The lowest BCUT2D eigenvalue weighted by molar-refractivity contribution is 0.256. The summed E-state index contributed by atoms with van der Waals surface area (Å²) in [5, 5.41) is 3.54. The van der Waals surface area contributed by atoms with Gasteiger partial charge in [-0.1, -0.05) is 38.8 Å². The first-order valence-electron chi connectivity index (χ1n) is 8.42. The molecule has 1 N–H and O–H groups in total. The Morgan fingerprint density at radius 1 is 1.10 bits per heavy atom. The summed E-state index contributed by atoms with van der Waals surface area (Å²) in [6, 6.07) is 6.78. The summed E-state index contributed by atoms with van der Waals surface area (Å²) in [5.74, 6) is 0. The van der Waals surface area contributed by atoms with Crippen LogP contribution in [0.15, 0.2) is 18.2 Å². The molecule has 0 amide bonds. The van der Waals surface area contributed by atoms with E-state index in [1.54, 1.807) is 11.1 Å². The van der Waals surface area contributed by atoms with Crippen LogP contribution in [0.4, 0.5) is 5.69 Å². The molecule has 112 valence electrons. The normalized spacial score (nSPS) is 14.2. The minimum absolute atomic E-state index is 1.13. The minimum Gasteiger partial charge on any atom is -0.385 e. The van der Waals surface area contributed by atoms with Crippen molar-refractivity contribution in [3.63, 3.8) is 0 Å². The number of rotatable bonds is 8. The highest BCUT2D eigenvalue weighted by molar-refractivity contribution is 5.56. The maximum Gasteiger partial charge on any atom is 0.0375 e. The van der Waals surface area contributed by atoms with Crippen molar-refractivity contribution in [1.82, 2.24) is 4.90 Å². The number of nitrogens with one attached hydrogen (secondary N) is 1. The van der Waals surface area contributed by atoms with E-state index in [9.17, 15) is 0 Å². The molecule has 1 aliphatic rings. The van der Waals surface area contributed by atoms with Gasteiger partial charge in [0.1, 0.15) is 0 Å². The van der Waals surface area contributed by atoms with Gasteiger partial charge in [0.05, 0.1) is 0 Å². The van der Waals surface area contributed by atoms with Crippen molar-refractivity contribution in [2.75, 3.05) is 25.0 Å². The summed E-state index contributed by atoms with van der Waals surface area (Å²) >= 11 is 0. The van der Waals surface area contributed by atoms with E-state index >= 15 is 0 Å². The molecule has 0 saturated carbocycles. The van der Waals surface area contributed by atoms with Gasteiger partial charge in [-0.25, -0.2) is 0 Å². The molecule has 0 bridgehead atoms. The Kier molecular flexibility index (Phi) is 6.38. The summed E-state index contributed by atoms with van der Waals surface area (Å²) in [6.45, 7) is 9.32. The highest BCUT2D eigenvalue weighted by Gasteiger charge is 2.14. The van der Waals surface area contributed by atoms with E-state index in [4.69, 9.17) is 0 Å². The lowest BCUT2D eigenvalue weighted by atomic mass is 9.97. The molecule has 20 heavy (non-hydrogen) atoms. The Labute approximate surface area is 124 Å². The number of nitrogens with zero attached hydrogens (tertiary/aromatic N) is 1. The van der Waals surface area contributed by atoms with Crippen LogP contribution >= 0.6 is 0 Å². The van der Waals surface area contributed by atoms with Crippen LogP contribution in [0.3, 0.4) is 0 Å². The van der Waals surface area contributed by atoms with Gasteiger partial charge in [0.15, 0.2) is 0 Å². The molecule has 1 aromatic carbocycles. The second-order valence-electron chi connectivity index (χ2n) is 5.96. The number of benzene rings is 1. The molecule has 0 saturated heterocycles. The maximum atomic E-state index is 3.54. The van der Waals surface area contributed by atoms with E-state index in [-0.39, 0.29) is 0 Å². The monoisotopic (exact) mass is 274 g/mol. The predicted octanol–water partition coefficient (Wildman–Crippen LogP) is 4.45. The van der Waals surface area contributed by atoms with Crippen LogP contribution in [0.5, 0.6) is 0 Å². The third kappa shape index (κ3) is 4.24. The zero-order valence-corrected chi connectivity index (χ0v) is 13.3. The molecule has 0 aromatic heterocycles. The van der Waals surface area contributed by atoms with Crippen molar-refractivity contribution in [3.8, 4) is 0 Å². The molecule has 1 heterocycles. The molecular weight excluding hydrogens is 244 g/mol. The fourth-order valence-electron chi connectivity index (χ4n) is 3.01. The molecule has 1 aliphatic heterocycles. The first-order valence-corrected chi connectivity index (χ1v) is 8.42. The van der Waals surface area contributed by atoms with E-state index in [0.29, 0.717) is 0 Å². The Hall–Kier alpha value is -1.02. The van der Waals surface area contributed by atoms with Gasteiger partial charge in [-0.15, -0.1) is 0 Å². The number of anilines is 1. The second-order valence-corrected chi connectivity index (χ2v) is 5.96. The van der Waals surface area contributed by atoms with E-state index in [0.717, 1.165) is 13.1 Å². The van der Waals surface area contributed by atoms with Crippen LogP contribution in [0.1, 0.15) is 57.1 Å². The minimum atomic E-state index is 1.13. The standard InChI is InChI=1S/C18H30N2/c1-3-5-13-20(14-6-4-2)15-16-9-7-11-18-17(16)10-8-12-19-18/h7,9,11,19H,3-6,8,10,12-15H2,1-2H3. The Morgan fingerprint density at radius 2 is 1.85 bits per heavy atom. The topological polar surface area (TPSA) is 15.3 Å². The van der Waals surface area contributed by atoms with Crippen LogP contribution in [-0.2, 0) is 13.0 Å². The third-order valence-corrected chi connectivity index (χ3v) is 4.24. The summed E-state index contributed by atoms with van der Waals surface area (Å²) in [5.41, 5.74) is 4.48. The number of hydrogen-bond acceptors (Lipinski definition) is 2. The van der Waals surface area contributed by atoms with Gasteiger partial charge in [0, 0.05) is 18.8 Å². The van der Waals surface area contributed by atoms with Gasteiger partial charge in [0.25, 0.3) is 0 Å². The number of fused-ring (bicyclic) bond motifs is 1. The van der Waals surface area contributed by atoms with Crippen molar-refractivity contribution in [2.45, 2.75) is 58.9 Å². The molecule has 0 atom stereocenters. The molecule has 2 heteroatoms. The van der Waals surface area contributed by atoms with Gasteiger partial charge in [-0.05, 0) is 56.0 Å². The van der Waals surface area contributed by atoms with Gasteiger partial charge in [-0.3, -0.25) is 4.90 Å². The first kappa shape index (κ1) is 15.4. The molecule has 1 aromatic rings. The van der Waals surface area contributed by atoms with Gasteiger partial charge in [-0.2, -0.15) is 0 Å². The van der Waals surface area contributed by atoms with Crippen molar-refractivity contribution in [1.29, 1.82) is 0 Å². The van der Waals surface area contributed by atoms with Crippen LogP contribution in [0, 0.1) is 0 Å². The average Bonchev–Trinajstić information content (AvgIpc) is 2.50. The van der Waals surface area contributed by atoms with E-state index < -0.39 is 0 Å². The first-order chi connectivity index (χ1) is 9.85. The molecule has 0 unspecified atom stereocenters. The van der Waals surface area contributed by atoms with Crippen LogP contribution in [-0.4, -0.2) is 24.5 Å². The van der Waals surface area contributed by atoms with Gasteiger partial charge < -0.3 is 5.32 Å². The summed E-state index contributed by atoms with van der Waals surface area (Å²) in [4.78, 5) is 2.65. The average molecular weight is 274 g/mol. The third-order valence-electron chi connectivity index (χ3n) is 4.24. The maximum absolute atomic E-state index is 3.54. The summed E-state index contributed by atoms with van der Waals surface area (Å²) in [7, 11) is 0. The lowest BCUT2D eigenvalue weighted by Crippen LogP contribution is -2.26. The van der Waals surface area contributed by atoms with E-state index in [1.165, 1.54) is 57.3 Å². The van der Waals surface area contributed by atoms with Gasteiger partial charge >= 0.3 is 0 Å². The molecular formula is C18H30N2. The van der Waals surface area contributed by atoms with E-state index in [1.807, 2.05) is 0 Å². The quantitative estimate of drug-likeness (QED) is 0.753. The molecule has 0 radical (unpaired) electrons. The molecule has 0 aliphatic carbocycles. The van der Waals surface area contributed by atoms with Crippen LogP contribution < -0.4 is 5.32 Å². The van der Waals surface area contributed by atoms with Crippen molar-refractivity contribution in [2.24, 2.45) is 0 Å². The summed E-state index contributed by atoms with van der Waals surface area (Å²) in [6.07, 6.45) is 7.73. The molecule has 0 fully saturated rings. The van der Waals surface area contributed by atoms with Crippen molar-refractivity contribution in [3.05, 3.63) is 29.3 Å². The van der Waals surface area contributed by atoms with E-state index in [2.05, 4.69) is 42.3 Å². The fourth-order valence-corrected chi connectivity index (χ4v) is 3.01. The Balaban J connectivity index is 2.05. The largest absolute Gasteiger partial charge is 0.385 e. The van der Waals surface area contributed by atoms with Crippen molar-refractivity contribution >= 4 is 5.69 Å². The second kappa shape index (κ2) is 8.31. The summed E-state index contributed by atoms with van der Waals surface area (Å²) < 4.78 is 0. The van der Waals surface area contributed by atoms with Gasteiger partial charge in [0.2, 0.25) is 0 Å². The SMILES string of the molecule is CCCCN(CCCC)Cc1cccc2c1CCCN2. The number of hydrogen-bond donors (Lipinski definition) is 1. The Morgan fingerprint density at radius 3 is 2.55 bits per heavy atom. The highest BCUT2D eigenvalue weighted by atomic mass is 15.1. The fraction of sp³-hybridized carbons (Fsp3) is 0.667.